The molecule has 0 radical (unpaired) electrons. The van der Waals surface area contributed by atoms with Crippen molar-refractivity contribution in [2.75, 3.05) is 14.1 Å². The molecule has 6 heteroatoms. The zero-order chi connectivity index (χ0) is 13.8. The van der Waals surface area contributed by atoms with Gasteiger partial charge in [-0.3, -0.25) is 0 Å². The van der Waals surface area contributed by atoms with Gasteiger partial charge >= 0.3 is 0 Å². The smallest absolute Gasteiger partial charge is 0.252 e. The van der Waals surface area contributed by atoms with Crippen molar-refractivity contribution < 1.29 is 8.42 Å². The SMILES string of the molecule is CCCC(C)N(C)S(=O)(=O)c1cc(CNC)cs1. The van der Waals surface area contributed by atoms with Crippen molar-refractivity contribution in [3.05, 3.63) is 17.0 Å². The molecule has 4 nitrogen and oxygen atoms in total. The molecule has 0 saturated heterocycles. The summed E-state index contributed by atoms with van der Waals surface area (Å²) < 4.78 is 26.7. The van der Waals surface area contributed by atoms with Gasteiger partial charge in [0.2, 0.25) is 0 Å². The third-order valence-electron chi connectivity index (χ3n) is 2.97. The van der Waals surface area contributed by atoms with E-state index in [4.69, 9.17) is 0 Å². The van der Waals surface area contributed by atoms with Crippen LogP contribution < -0.4 is 5.32 Å². The molecule has 1 aromatic heterocycles. The molecule has 0 spiro atoms. The summed E-state index contributed by atoms with van der Waals surface area (Å²) in [6, 6.07) is 1.79. The number of hydrogen-bond donors (Lipinski definition) is 1. The van der Waals surface area contributed by atoms with Crippen LogP contribution >= 0.6 is 11.3 Å². The van der Waals surface area contributed by atoms with Gasteiger partial charge in [0.15, 0.2) is 0 Å². The first-order chi connectivity index (χ1) is 8.43. The summed E-state index contributed by atoms with van der Waals surface area (Å²) in [5, 5.41) is 4.91. The molecule has 0 aromatic carbocycles. The Labute approximate surface area is 114 Å². The van der Waals surface area contributed by atoms with Crippen LogP contribution in [0.25, 0.3) is 0 Å². The molecular formula is C12H22N2O2S2. The van der Waals surface area contributed by atoms with Crippen molar-refractivity contribution in [1.82, 2.24) is 9.62 Å². The van der Waals surface area contributed by atoms with Crippen LogP contribution in [0.5, 0.6) is 0 Å². The highest BCUT2D eigenvalue weighted by molar-refractivity contribution is 7.91. The van der Waals surface area contributed by atoms with Crippen LogP contribution in [0.3, 0.4) is 0 Å². The number of sulfonamides is 1. The van der Waals surface area contributed by atoms with E-state index < -0.39 is 10.0 Å². The highest BCUT2D eigenvalue weighted by Crippen LogP contribution is 2.25. The molecule has 0 aliphatic heterocycles. The molecule has 1 atom stereocenters. The Morgan fingerprint density at radius 2 is 2.17 bits per heavy atom. The maximum Gasteiger partial charge on any atom is 0.252 e. The third-order valence-corrected chi connectivity index (χ3v) is 6.41. The standard InChI is InChI=1S/C12H22N2O2S2/c1-5-6-10(2)14(4)18(15,16)12-7-11(8-13-3)9-17-12/h7,9-10,13H,5-6,8H2,1-4H3. The predicted molar refractivity (Wildman–Crippen MR) is 76.4 cm³/mol. The van der Waals surface area contributed by atoms with Gasteiger partial charge in [-0.2, -0.15) is 4.31 Å². The lowest BCUT2D eigenvalue weighted by Crippen LogP contribution is -2.34. The van der Waals surface area contributed by atoms with E-state index in [0.29, 0.717) is 10.8 Å². The highest BCUT2D eigenvalue weighted by Gasteiger charge is 2.26. The lowest BCUT2D eigenvalue weighted by atomic mass is 10.2. The van der Waals surface area contributed by atoms with Gasteiger partial charge in [-0.15, -0.1) is 11.3 Å². The lowest BCUT2D eigenvalue weighted by molar-refractivity contribution is 0.369. The molecule has 1 unspecified atom stereocenters. The fourth-order valence-corrected chi connectivity index (χ4v) is 4.55. The topological polar surface area (TPSA) is 49.4 Å². The van der Waals surface area contributed by atoms with Gasteiger partial charge in [0, 0.05) is 19.6 Å². The first-order valence-electron chi connectivity index (χ1n) is 6.13. The minimum Gasteiger partial charge on any atom is -0.316 e. The molecule has 1 aromatic rings. The van der Waals surface area contributed by atoms with Crippen molar-refractivity contribution in [3.8, 4) is 0 Å². The van der Waals surface area contributed by atoms with Crippen LogP contribution in [0, 0.1) is 0 Å². The molecule has 0 saturated carbocycles. The first-order valence-corrected chi connectivity index (χ1v) is 8.45. The monoisotopic (exact) mass is 290 g/mol. The second-order valence-corrected chi connectivity index (χ2v) is 7.60. The Morgan fingerprint density at radius 1 is 1.50 bits per heavy atom. The van der Waals surface area contributed by atoms with Crippen molar-refractivity contribution >= 4 is 21.4 Å². The fraction of sp³-hybridized carbons (Fsp3) is 0.667. The van der Waals surface area contributed by atoms with E-state index in [1.807, 2.05) is 19.4 Å². The Morgan fingerprint density at radius 3 is 2.72 bits per heavy atom. The number of nitrogens with one attached hydrogen (secondary N) is 1. The van der Waals surface area contributed by atoms with Crippen LogP contribution in [-0.2, 0) is 16.6 Å². The first kappa shape index (κ1) is 15.6. The largest absolute Gasteiger partial charge is 0.316 e. The maximum absolute atomic E-state index is 12.4. The van der Waals surface area contributed by atoms with Gasteiger partial charge in [0.25, 0.3) is 10.0 Å². The number of hydrogen-bond acceptors (Lipinski definition) is 4. The Kier molecular flexibility index (Phi) is 5.78. The van der Waals surface area contributed by atoms with E-state index in [1.54, 1.807) is 13.1 Å². The minimum atomic E-state index is -3.33. The average Bonchev–Trinajstić information content (AvgIpc) is 2.78. The van der Waals surface area contributed by atoms with E-state index in [9.17, 15) is 8.42 Å². The Hall–Kier alpha value is -0.430. The molecule has 0 amide bonds. The van der Waals surface area contributed by atoms with E-state index in [1.165, 1.54) is 15.6 Å². The third kappa shape index (κ3) is 3.54. The van der Waals surface area contributed by atoms with Crippen LogP contribution in [0.2, 0.25) is 0 Å². The summed E-state index contributed by atoms with van der Waals surface area (Å²) in [6.45, 7) is 4.70. The molecule has 1 heterocycles. The van der Waals surface area contributed by atoms with Gasteiger partial charge in [-0.25, -0.2) is 8.42 Å². The number of rotatable bonds is 7. The number of nitrogens with zero attached hydrogens (tertiary/aromatic N) is 1. The predicted octanol–water partition coefficient (Wildman–Crippen LogP) is 2.28. The molecule has 0 aliphatic carbocycles. The van der Waals surface area contributed by atoms with E-state index >= 15 is 0 Å². The average molecular weight is 290 g/mol. The second kappa shape index (κ2) is 6.65. The quantitative estimate of drug-likeness (QED) is 0.838. The molecule has 1 rings (SSSR count). The minimum absolute atomic E-state index is 0.0369. The van der Waals surface area contributed by atoms with Crippen LogP contribution in [0.1, 0.15) is 32.3 Å². The highest BCUT2D eigenvalue weighted by atomic mass is 32.2. The summed E-state index contributed by atoms with van der Waals surface area (Å²) in [4.78, 5) is 0. The fourth-order valence-electron chi connectivity index (χ4n) is 1.76. The molecular weight excluding hydrogens is 268 g/mol. The number of thiophene rings is 1. The molecule has 1 N–H and O–H groups in total. The zero-order valence-corrected chi connectivity index (χ0v) is 13.1. The molecule has 0 aliphatic rings. The van der Waals surface area contributed by atoms with Crippen molar-refractivity contribution in [2.45, 2.75) is 43.5 Å². The van der Waals surface area contributed by atoms with E-state index in [-0.39, 0.29) is 6.04 Å². The van der Waals surface area contributed by atoms with Gasteiger partial charge in [0.05, 0.1) is 0 Å². The lowest BCUT2D eigenvalue weighted by Gasteiger charge is -2.23. The van der Waals surface area contributed by atoms with Gasteiger partial charge in [-0.05, 0) is 37.4 Å². The molecule has 0 fully saturated rings. The van der Waals surface area contributed by atoms with Crippen LogP contribution in [0.4, 0.5) is 0 Å². The summed E-state index contributed by atoms with van der Waals surface area (Å²) in [5.41, 5.74) is 1.01. The molecule has 0 bridgehead atoms. The Bertz CT molecular complexity index is 468. The van der Waals surface area contributed by atoms with Crippen molar-refractivity contribution in [3.63, 3.8) is 0 Å². The normalized spacial score (nSPS) is 14.1. The maximum atomic E-state index is 12.4. The summed E-state index contributed by atoms with van der Waals surface area (Å²) >= 11 is 1.29. The van der Waals surface area contributed by atoms with Crippen LogP contribution in [0.15, 0.2) is 15.7 Å². The summed E-state index contributed by atoms with van der Waals surface area (Å²) in [5.74, 6) is 0. The Balaban J connectivity index is 2.90. The molecule has 104 valence electrons. The summed E-state index contributed by atoms with van der Waals surface area (Å²) in [7, 11) is 0.175. The van der Waals surface area contributed by atoms with Gasteiger partial charge < -0.3 is 5.32 Å². The zero-order valence-electron chi connectivity index (χ0n) is 11.4. The van der Waals surface area contributed by atoms with Gasteiger partial charge in [-0.1, -0.05) is 13.3 Å². The van der Waals surface area contributed by atoms with E-state index in [0.717, 1.165) is 18.4 Å². The second-order valence-electron chi connectivity index (χ2n) is 4.46. The summed E-state index contributed by atoms with van der Waals surface area (Å²) in [6.07, 6.45) is 1.86. The molecule has 18 heavy (non-hydrogen) atoms. The van der Waals surface area contributed by atoms with E-state index in [2.05, 4.69) is 12.2 Å². The van der Waals surface area contributed by atoms with Crippen LogP contribution in [-0.4, -0.2) is 32.9 Å². The van der Waals surface area contributed by atoms with Crippen molar-refractivity contribution in [2.24, 2.45) is 0 Å². The van der Waals surface area contributed by atoms with Gasteiger partial charge in [0.1, 0.15) is 4.21 Å². The van der Waals surface area contributed by atoms with Crippen molar-refractivity contribution in [1.29, 1.82) is 0 Å².